The highest BCUT2D eigenvalue weighted by molar-refractivity contribution is 7.17. The van der Waals surface area contributed by atoms with Crippen LogP contribution in [0.15, 0.2) is 48.7 Å². The van der Waals surface area contributed by atoms with Crippen LogP contribution in [0.2, 0.25) is 10.0 Å². The number of hydroxylamine groups is 1. The minimum absolute atomic E-state index is 0.420. The van der Waals surface area contributed by atoms with Crippen LogP contribution >= 0.6 is 34.5 Å². The van der Waals surface area contributed by atoms with Crippen LogP contribution in [0.1, 0.15) is 15.2 Å². The zero-order valence-electron chi connectivity index (χ0n) is 14.6. The first kappa shape index (κ1) is 20.6. The quantitative estimate of drug-likeness (QED) is 0.276. The number of hydrogen-bond acceptors (Lipinski definition) is 6. The smallest absolute Gasteiger partial charge is 0.284 e. The van der Waals surface area contributed by atoms with Gasteiger partial charge in [-0.1, -0.05) is 35.3 Å². The van der Waals surface area contributed by atoms with Crippen molar-refractivity contribution in [1.29, 1.82) is 0 Å². The summed E-state index contributed by atoms with van der Waals surface area (Å²) in [6.07, 6.45) is 1.78. The first-order chi connectivity index (χ1) is 13.6. The Kier molecular flexibility index (Phi) is 7.24. The van der Waals surface area contributed by atoms with Crippen molar-refractivity contribution in [2.45, 2.75) is 6.54 Å². The van der Waals surface area contributed by atoms with Crippen LogP contribution in [0, 0.1) is 0 Å². The normalized spacial score (nSPS) is 10.7. The van der Waals surface area contributed by atoms with Gasteiger partial charge in [0.15, 0.2) is 5.75 Å². The van der Waals surface area contributed by atoms with Crippen molar-refractivity contribution in [1.82, 2.24) is 15.8 Å². The van der Waals surface area contributed by atoms with E-state index in [1.54, 1.807) is 42.0 Å². The van der Waals surface area contributed by atoms with Crippen molar-refractivity contribution in [3.8, 4) is 16.3 Å². The number of nitrogens with one attached hydrogen (secondary N) is 2. The number of thiophene rings is 1. The molecule has 1 amide bonds. The zero-order chi connectivity index (χ0) is 19.9. The van der Waals surface area contributed by atoms with Crippen LogP contribution in [0.3, 0.4) is 0 Å². The number of pyridine rings is 1. The number of hydrogen-bond donors (Lipinski definition) is 3. The number of amides is 1. The molecular weight excluding hydrogens is 421 g/mol. The van der Waals surface area contributed by atoms with Crippen molar-refractivity contribution in [3.05, 3.63) is 69.1 Å². The summed E-state index contributed by atoms with van der Waals surface area (Å²) in [5.41, 5.74) is 3.41. The Bertz CT molecular complexity index is 928. The molecule has 0 saturated heterocycles. The highest BCUT2D eigenvalue weighted by Crippen LogP contribution is 2.32. The van der Waals surface area contributed by atoms with Gasteiger partial charge in [0, 0.05) is 19.3 Å². The Balaban J connectivity index is 1.47. The van der Waals surface area contributed by atoms with Crippen LogP contribution in [-0.4, -0.2) is 29.3 Å². The summed E-state index contributed by atoms with van der Waals surface area (Å²) < 4.78 is 5.62. The number of para-hydroxylation sites is 1. The van der Waals surface area contributed by atoms with Gasteiger partial charge in [0.25, 0.3) is 5.91 Å². The number of nitrogens with zero attached hydrogens (tertiary/aromatic N) is 1. The van der Waals surface area contributed by atoms with E-state index in [0.29, 0.717) is 40.4 Å². The largest absolute Gasteiger partial charge is 0.489 e. The SMILES string of the molecule is O=C(NO)c1ccc(-c2ccc(CNCCOc3c(Cl)cccc3Cl)cn2)s1. The van der Waals surface area contributed by atoms with Crippen LogP contribution < -0.4 is 15.5 Å². The molecule has 1 aromatic carbocycles. The predicted octanol–water partition coefficient (Wildman–Crippen LogP) is 4.40. The molecule has 0 spiro atoms. The molecule has 6 nitrogen and oxygen atoms in total. The maximum absolute atomic E-state index is 11.4. The molecule has 0 atom stereocenters. The van der Waals surface area contributed by atoms with E-state index in [4.69, 9.17) is 33.1 Å². The number of carbonyl (C=O) groups is 1. The van der Waals surface area contributed by atoms with Crippen LogP contribution in [-0.2, 0) is 6.54 Å². The fourth-order valence-corrected chi connectivity index (χ4v) is 3.79. The minimum atomic E-state index is -0.530. The lowest BCUT2D eigenvalue weighted by Crippen LogP contribution is -2.20. The Morgan fingerprint density at radius 2 is 1.93 bits per heavy atom. The number of rotatable bonds is 8. The summed E-state index contributed by atoms with van der Waals surface area (Å²) >= 11 is 13.4. The summed E-state index contributed by atoms with van der Waals surface area (Å²) in [5, 5.41) is 12.9. The van der Waals surface area contributed by atoms with Gasteiger partial charge in [-0.15, -0.1) is 11.3 Å². The number of halogens is 2. The van der Waals surface area contributed by atoms with Crippen LogP contribution in [0.4, 0.5) is 0 Å². The summed E-state index contributed by atoms with van der Waals surface area (Å²) in [4.78, 5) is 17.1. The molecule has 28 heavy (non-hydrogen) atoms. The number of carbonyl (C=O) groups excluding carboxylic acids is 1. The number of benzene rings is 1. The first-order valence-corrected chi connectivity index (χ1v) is 9.93. The molecule has 0 aliphatic heterocycles. The standard InChI is InChI=1S/C19H17Cl2N3O3S/c20-13-2-1-3-14(21)18(13)27-9-8-22-10-12-4-5-15(23-11-12)16-6-7-17(28-16)19(25)24-26/h1-7,11,22,26H,8-10H2,(H,24,25). The van der Waals surface area contributed by atoms with E-state index < -0.39 is 5.91 Å². The molecular formula is C19H17Cl2N3O3S. The van der Waals surface area contributed by atoms with E-state index in [0.717, 1.165) is 16.1 Å². The zero-order valence-corrected chi connectivity index (χ0v) is 16.9. The van der Waals surface area contributed by atoms with E-state index in [2.05, 4.69) is 10.3 Å². The molecule has 3 N–H and O–H groups in total. The van der Waals surface area contributed by atoms with E-state index in [-0.39, 0.29) is 0 Å². The van der Waals surface area contributed by atoms with Crippen molar-refractivity contribution in [2.75, 3.05) is 13.2 Å². The second-order valence-corrected chi connectivity index (χ2v) is 7.63. The monoisotopic (exact) mass is 437 g/mol. The van der Waals surface area contributed by atoms with E-state index in [1.807, 2.05) is 12.1 Å². The topological polar surface area (TPSA) is 83.5 Å². The molecule has 2 aromatic heterocycles. The second kappa shape index (κ2) is 9.86. The maximum atomic E-state index is 11.4. The molecule has 3 rings (SSSR count). The summed E-state index contributed by atoms with van der Waals surface area (Å²) in [6, 6.07) is 12.5. The first-order valence-electron chi connectivity index (χ1n) is 8.35. The van der Waals surface area contributed by atoms with E-state index in [9.17, 15) is 4.79 Å². The fraction of sp³-hybridized carbons (Fsp3) is 0.158. The molecule has 2 heterocycles. The Morgan fingerprint density at radius 1 is 1.14 bits per heavy atom. The van der Waals surface area contributed by atoms with Gasteiger partial charge in [-0.2, -0.15) is 0 Å². The molecule has 3 aromatic rings. The highest BCUT2D eigenvalue weighted by Gasteiger charge is 2.10. The Hall–Kier alpha value is -2.16. The van der Waals surface area contributed by atoms with Crippen LogP contribution in [0.25, 0.3) is 10.6 Å². The third-order valence-corrected chi connectivity index (χ3v) is 5.48. The van der Waals surface area contributed by atoms with Gasteiger partial charge < -0.3 is 10.1 Å². The lowest BCUT2D eigenvalue weighted by Gasteiger charge is -2.10. The van der Waals surface area contributed by atoms with Gasteiger partial charge in [0.1, 0.15) is 6.61 Å². The number of ether oxygens (including phenoxy) is 1. The van der Waals surface area contributed by atoms with Crippen LogP contribution in [0.5, 0.6) is 5.75 Å². The lowest BCUT2D eigenvalue weighted by atomic mass is 10.2. The van der Waals surface area contributed by atoms with Gasteiger partial charge >= 0.3 is 0 Å². The molecule has 0 aliphatic carbocycles. The van der Waals surface area contributed by atoms with Gasteiger partial charge in [0.05, 0.1) is 25.5 Å². The molecule has 0 unspecified atom stereocenters. The second-order valence-electron chi connectivity index (χ2n) is 5.73. The van der Waals surface area contributed by atoms with E-state index in [1.165, 1.54) is 11.3 Å². The van der Waals surface area contributed by atoms with Crippen molar-refractivity contribution in [3.63, 3.8) is 0 Å². The molecule has 0 radical (unpaired) electrons. The van der Waals surface area contributed by atoms with Gasteiger partial charge in [-0.05, 0) is 35.9 Å². The predicted molar refractivity (Wildman–Crippen MR) is 110 cm³/mol. The molecule has 0 fully saturated rings. The molecule has 146 valence electrons. The highest BCUT2D eigenvalue weighted by atomic mass is 35.5. The molecule has 9 heteroatoms. The average molecular weight is 438 g/mol. The third kappa shape index (κ3) is 5.21. The maximum Gasteiger partial charge on any atom is 0.284 e. The van der Waals surface area contributed by atoms with Gasteiger partial charge in [0.2, 0.25) is 0 Å². The average Bonchev–Trinajstić information content (AvgIpc) is 3.20. The fourth-order valence-electron chi connectivity index (χ4n) is 2.41. The summed E-state index contributed by atoms with van der Waals surface area (Å²) in [6.45, 7) is 1.68. The minimum Gasteiger partial charge on any atom is -0.489 e. The summed E-state index contributed by atoms with van der Waals surface area (Å²) in [7, 11) is 0. The van der Waals surface area contributed by atoms with Crippen molar-refractivity contribution in [2.24, 2.45) is 0 Å². The van der Waals surface area contributed by atoms with Gasteiger partial charge in [-0.25, -0.2) is 5.48 Å². The Labute approximate surface area is 176 Å². The third-order valence-electron chi connectivity index (χ3n) is 3.78. The Morgan fingerprint density at radius 3 is 2.61 bits per heavy atom. The molecule has 0 saturated carbocycles. The molecule has 0 bridgehead atoms. The van der Waals surface area contributed by atoms with Gasteiger partial charge in [-0.3, -0.25) is 15.0 Å². The van der Waals surface area contributed by atoms with E-state index >= 15 is 0 Å². The van der Waals surface area contributed by atoms with Crippen molar-refractivity contribution < 1.29 is 14.7 Å². The summed E-state index contributed by atoms with van der Waals surface area (Å²) in [5.74, 6) is -0.0405. The lowest BCUT2D eigenvalue weighted by molar-refractivity contribution is 0.0711. The van der Waals surface area contributed by atoms with Crippen molar-refractivity contribution >= 4 is 40.4 Å². The molecule has 0 aliphatic rings. The number of aromatic nitrogens is 1.